The van der Waals surface area contributed by atoms with E-state index < -0.39 is 11.7 Å². The first kappa shape index (κ1) is 13.9. The average molecular weight is 262 g/mol. The lowest BCUT2D eigenvalue weighted by Crippen LogP contribution is -2.28. The van der Waals surface area contributed by atoms with E-state index in [4.69, 9.17) is 10.5 Å². The molecule has 1 aliphatic carbocycles. The van der Waals surface area contributed by atoms with Gasteiger partial charge in [0.15, 0.2) is 0 Å². The number of anilines is 1. The Bertz CT molecular complexity index is 473. The molecule has 1 amide bonds. The van der Waals surface area contributed by atoms with Crippen molar-refractivity contribution in [2.75, 3.05) is 5.32 Å². The Balaban J connectivity index is 2.05. The fourth-order valence-corrected chi connectivity index (χ4v) is 1.93. The van der Waals surface area contributed by atoms with Gasteiger partial charge in [-0.25, -0.2) is 4.79 Å². The number of carbonyl (C=O) groups is 1. The molecule has 2 rings (SSSR count). The third-order valence-electron chi connectivity index (χ3n) is 3.09. The molecule has 1 saturated carbocycles. The lowest BCUT2D eigenvalue weighted by molar-refractivity contribution is 0.0635. The molecule has 4 heteroatoms. The van der Waals surface area contributed by atoms with Crippen LogP contribution in [-0.2, 0) is 11.2 Å². The molecule has 1 aromatic rings. The predicted octanol–water partition coefficient (Wildman–Crippen LogP) is 3.07. The maximum absolute atomic E-state index is 11.8. The van der Waals surface area contributed by atoms with Crippen molar-refractivity contribution in [1.29, 1.82) is 0 Å². The molecule has 0 unspecified atom stereocenters. The van der Waals surface area contributed by atoms with Gasteiger partial charge in [0.2, 0.25) is 0 Å². The molecule has 3 N–H and O–H groups in total. The van der Waals surface area contributed by atoms with Crippen LogP contribution in [-0.4, -0.2) is 17.2 Å². The van der Waals surface area contributed by atoms with Gasteiger partial charge < -0.3 is 10.5 Å². The molecule has 0 atom stereocenters. The number of hydrogen-bond donors (Lipinski definition) is 2. The molecule has 0 radical (unpaired) electrons. The summed E-state index contributed by atoms with van der Waals surface area (Å²) < 4.78 is 5.26. The predicted molar refractivity (Wildman–Crippen MR) is 76.2 cm³/mol. The second-order valence-corrected chi connectivity index (χ2v) is 6.32. The summed E-state index contributed by atoms with van der Waals surface area (Å²) in [6.45, 7) is 5.53. The first-order chi connectivity index (χ1) is 8.77. The standard InChI is InChI=1S/C15H22N2O2/c1-14(2,3)19-13(18)17-12-7-5-4-6-11(12)10-15(16)8-9-15/h4-7H,8-10,16H2,1-3H3,(H,17,18). The number of amides is 1. The van der Waals surface area contributed by atoms with Gasteiger partial charge in [-0.3, -0.25) is 5.32 Å². The van der Waals surface area contributed by atoms with Crippen molar-refractivity contribution in [3.05, 3.63) is 29.8 Å². The largest absolute Gasteiger partial charge is 0.444 e. The fourth-order valence-electron chi connectivity index (χ4n) is 1.93. The average Bonchev–Trinajstić information content (AvgIpc) is 2.96. The van der Waals surface area contributed by atoms with Crippen LogP contribution in [0.2, 0.25) is 0 Å². The topological polar surface area (TPSA) is 64.3 Å². The zero-order valence-electron chi connectivity index (χ0n) is 11.8. The van der Waals surface area contributed by atoms with Crippen molar-refractivity contribution in [2.24, 2.45) is 5.73 Å². The van der Waals surface area contributed by atoms with Gasteiger partial charge in [0, 0.05) is 11.2 Å². The highest BCUT2D eigenvalue weighted by Gasteiger charge is 2.38. The Hall–Kier alpha value is -1.55. The molecule has 4 nitrogen and oxygen atoms in total. The number of hydrogen-bond acceptors (Lipinski definition) is 3. The number of carbonyl (C=O) groups excluding carboxylic acids is 1. The molecule has 1 aliphatic rings. The molecule has 0 aromatic heterocycles. The van der Waals surface area contributed by atoms with Gasteiger partial charge in [-0.15, -0.1) is 0 Å². The Morgan fingerprint density at radius 1 is 1.37 bits per heavy atom. The Morgan fingerprint density at radius 2 is 2.00 bits per heavy atom. The van der Waals surface area contributed by atoms with Gasteiger partial charge in [-0.2, -0.15) is 0 Å². The lowest BCUT2D eigenvalue weighted by Gasteiger charge is -2.21. The van der Waals surface area contributed by atoms with Crippen LogP contribution in [0.5, 0.6) is 0 Å². The molecule has 0 saturated heterocycles. The fraction of sp³-hybridized carbons (Fsp3) is 0.533. The van der Waals surface area contributed by atoms with Crippen LogP contribution >= 0.6 is 0 Å². The monoisotopic (exact) mass is 262 g/mol. The molecular formula is C15H22N2O2. The van der Waals surface area contributed by atoms with Crippen molar-refractivity contribution in [3.63, 3.8) is 0 Å². The normalized spacial score (nSPS) is 16.8. The van der Waals surface area contributed by atoms with Crippen molar-refractivity contribution < 1.29 is 9.53 Å². The third kappa shape index (κ3) is 4.24. The van der Waals surface area contributed by atoms with E-state index in [1.165, 1.54) is 0 Å². The minimum atomic E-state index is -0.495. The quantitative estimate of drug-likeness (QED) is 0.880. The number of rotatable bonds is 3. The second kappa shape index (κ2) is 4.85. The van der Waals surface area contributed by atoms with Crippen LogP contribution in [0.25, 0.3) is 0 Å². The Kier molecular flexibility index (Phi) is 3.54. The smallest absolute Gasteiger partial charge is 0.412 e. The second-order valence-electron chi connectivity index (χ2n) is 6.32. The van der Waals surface area contributed by atoms with E-state index in [1.807, 2.05) is 45.0 Å². The molecule has 1 fully saturated rings. The van der Waals surface area contributed by atoms with Crippen LogP contribution in [0, 0.1) is 0 Å². The Morgan fingerprint density at radius 3 is 2.58 bits per heavy atom. The van der Waals surface area contributed by atoms with Gasteiger partial charge >= 0.3 is 6.09 Å². The molecule has 19 heavy (non-hydrogen) atoms. The van der Waals surface area contributed by atoms with E-state index in [2.05, 4.69) is 5.32 Å². The minimum Gasteiger partial charge on any atom is -0.444 e. The summed E-state index contributed by atoms with van der Waals surface area (Å²) in [4.78, 5) is 11.8. The zero-order chi connectivity index (χ0) is 14.1. The van der Waals surface area contributed by atoms with Gasteiger partial charge in [0.05, 0.1) is 0 Å². The van der Waals surface area contributed by atoms with Gasteiger partial charge in [-0.05, 0) is 51.7 Å². The summed E-state index contributed by atoms with van der Waals surface area (Å²) in [5.74, 6) is 0. The molecule has 0 aliphatic heterocycles. The maximum atomic E-state index is 11.8. The van der Waals surface area contributed by atoms with Crippen LogP contribution < -0.4 is 11.1 Å². The number of nitrogens with two attached hydrogens (primary N) is 1. The number of benzene rings is 1. The summed E-state index contributed by atoms with van der Waals surface area (Å²) in [6.07, 6.45) is 2.46. The summed E-state index contributed by atoms with van der Waals surface area (Å²) in [7, 11) is 0. The number of para-hydroxylation sites is 1. The highest BCUT2D eigenvalue weighted by atomic mass is 16.6. The van der Waals surface area contributed by atoms with Gasteiger partial charge in [0.25, 0.3) is 0 Å². The number of nitrogens with one attached hydrogen (secondary N) is 1. The Labute approximate surface area is 114 Å². The molecule has 1 aromatic carbocycles. The van der Waals surface area contributed by atoms with Gasteiger partial charge in [-0.1, -0.05) is 18.2 Å². The SMILES string of the molecule is CC(C)(C)OC(=O)Nc1ccccc1CC1(N)CC1. The molecule has 0 bridgehead atoms. The molecular weight excluding hydrogens is 240 g/mol. The highest BCUT2D eigenvalue weighted by molar-refractivity contribution is 5.86. The summed E-state index contributed by atoms with van der Waals surface area (Å²) >= 11 is 0. The number of ether oxygens (including phenoxy) is 1. The van der Waals surface area contributed by atoms with E-state index >= 15 is 0 Å². The highest BCUT2D eigenvalue weighted by Crippen LogP contribution is 2.37. The lowest BCUT2D eigenvalue weighted by atomic mass is 10.0. The first-order valence-corrected chi connectivity index (χ1v) is 6.64. The van der Waals surface area contributed by atoms with Crippen molar-refractivity contribution in [3.8, 4) is 0 Å². The first-order valence-electron chi connectivity index (χ1n) is 6.64. The van der Waals surface area contributed by atoms with E-state index in [-0.39, 0.29) is 5.54 Å². The third-order valence-corrected chi connectivity index (χ3v) is 3.09. The molecule has 0 spiro atoms. The van der Waals surface area contributed by atoms with Gasteiger partial charge in [0.1, 0.15) is 5.60 Å². The summed E-state index contributed by atoms with van der Waals surface area (Å²) in [5, 5.41) is 2.80. The minimum absolute atomic E-state index is 0.0777. The van der Waals surface area contributed by atoms with E-state index in [0.717, 1.165) is 30.5 Å². The van der Waals surface area contributed by atoms with Crippen molar-refractivity contribution in [1.82, 2.24) is 0 Å². The molecule has 104 valence electrons. The maximum Gasteiger partial charge on any atom is 0.412 e. The summed E-state index contributed by atoms with van der Waals surface area (Å²) in [5.41, 5.74) is 7.41. The summed E-state index contributed by atoms with van der Waals surface area (Å²) in [6, 6.07) is 7.73. The van der Waals surface area contributed by atoms with Crippen molar-refractivity contribution in [2.45, 2.75) is 51.2 Å². The van der Waals surface area contributed by atoms with Crippen LogP contribution in [0.15, 0.2) is 24.3 Å². The van der Waals surface area contributed by atoms with Crippen molar-refractivity contribution >= 4 is 11.8 Å². The van der Waals surface area contributed by atoms with Crippen LogP contribution in [0.3, 0.4) is 0 Å². The van der Waals surface area contributed by atoms with E-state index in [0.29, 0.717) is 0 Å². The van der Waals surface area contributed by atoms with E-state index in [1.54, 1.807) is 0 Å². The molecule has 0 heterocycles. The van der Waals surface area contributed by atoms with Crippen LogP contribution in [0.4, 0.5) is 10.5 Å². The van der Waals surface area contributed by atoms with Crippen LogP contribution in [0.1, 0.15) is 39.2 Å². The van der Waals surface area contributed by atoms with E-state index in [9.17, 15) is 4.79 Å². The zero-order valence-corrected chi connectivity index (χ0v) is 11.8.